The number of aromatic nitrogens is 1. The largest absolute Gasteiger partial charge is 0.481 e. The minimum atomic E-state index is -0.932. The van der Waals surface area contributed by atoms with Gasteiger partial charge < -0.3 is 15.0 Å². The van der Waals surface area contributed by atoms with Gasteiger partial charge in [-0.3, -0.25) is 9.59 Å². The number of nitrogens with zero attached hydrogens (tertiary/aromatic N) is 1. The van der Waals surface area contributed by atoms with E-state index in [0.717, 1.165) is 0 Å². The average molecular weight is 224 g/mol. The summed E-state index contributed by atoms with van der Waals surface area (Å²) in [7, 11) is 1.82. The van der Waals surface area contributed by atoms with Crippen LogP contribution in [0, 0.1) is 0 Å². The van der Waals surface area contributed by atoms with Gasteiger partial charge in [0.05, 0.1) is 12.0 Å². The van der Waals surface area contributed by atoms with E-state index in [1.54, 1.807) is 36.9 Å². The highest BCUT2D eigenvalue weighted by atomic mass is 16.4. The van der Waals surface area contributed by atoms with Crippen molar-refractivity contribution in [2.24, 2.45) is 7.05 Å². The van der Waals surface area contributed by atoms with Crippen molar-refractivity contribution in [3.05, 3.63) is 24.0 Å². The maximum atomic E-state index is 11.7. The summed E-state index contributed by atoms with van der Waals surface area (Å²) in [5.41, 5.74) is -0.223. The summed E-state index contributed by atoms with van der Waals surface area (Å²) < 4.78 is 1.76. The van der Waals surface area contributed by atoms with Crippen LogP contribution in [0.3, 0.4) is 0 Å². The number of aryl methyl sites for hydroxylation is 1. The maximum absolute atomic E-state index is 11.7. The number of carboxylic acid groups (broad SMARTS) is 1. The Balaban J connectivity index is 2.67. The van der Waals surface area contributed by atoms with Gasteiger partial charge in [0.2, 0.25) is 0 Å². The van der Waals surface area contributed by atoms with E-state index in [4.69, 9.17) is 5.11 Å². The molecule has 0 aliphatic rings. The molecule has 0 saturated heterocycles. The van der Waals surface area contributed by atoms with Gasteiger partial charge in [0, 0.05) is 25.0 Å². The molecule has 1 aromatic heterocycles. The zero-order valence-corrected chi connectivity index (χ0v) is 9.65. The van der Waals surface area contributed by atoms with E-state index >= 15 is 0 Å². The lowest BCUT2D eigenvalue weighted by Crippen LogP contribution is -2.44. The number of nitrogens with one attached hydrogen (secondary N) is 1. The lowest BCUT2D eigenvalue weighted by Gasteiger charge is -2.23. The Labute approximate surface area is 94.1 Å². The molecule has 16 heavy (non-hydrogen) atoms. The Bertz CT molecular complexity index is 407. The van der Waals surface area contributed by atoms with E-state index in [9.17, 15) is 9.59 Å². The Hall–Kier alpha value is -1.78. The second kappa shape index (κ2) is 4.38. The molecule has 5 nitrogen and oxygen atoms in total. The summed E-state index contributed by atoms with van der Waals surface area (Å²) in [5.74, 6) is -1.19. The number of hydrogen-bond donors (Lipinski definition) is 2. The van der Waals surface area contributed by atoms with Crippen LogP contribution in [0.25, 0.3) is 0 Å². The van der Waals surface area contributed by atoms with Crippen molar-refractivity contribution in [1.82, 2.24) is 9.88 Å². The maximum Gasteiger partial charge on any atom is 0.305 e. The Kier molecular flexibility index (Phi) is 3.37. The molecule has 0 aliphatic heterocycles. The van der Waals surface area contributed by atoms with Gasteiger partial charge in [0.25, 0.3) is 5.91 Å². The highest BCUT2D eigenvalue weighted by Gasteiger charge is 2.24. The molecule has 2 N–H and O–H groups in total. The van der Waals surface area contributed by atoms with Gasteiger partial charge in [0.1, 0.15) is 0 Å². The number of amides is 1. The van der Waals surface area contributed by atoms with Crippen LogP contribution < -0.4 is 5.32 Å². The number of carboxylic acids is 1. The highest BCUT2D eigenvalue weighted by Crippen LogP contribution is 2.10. The highest BCUT2D eigenvalue weighted by molar-refractivity contribution is 5.94. The summed E-state index contributed by atoms with van der Waals surface area (Å²) in [6.45, 7) is 3.36. The Morgan fingerprint density at radius 3 is 2.56 bits per heavy atom. The zero-order valence-electron chi connectivity index (χ0n) is 9.65. The first-order chi connectivity index (χ1) is 7.30. The molecule has 5 heteroatoms. The lowest BCUT2D eigenvalue weighted by molar-refractivity contribution is -0.138. The SMILES string of the molecule is Cn1ccc(C(=O)NC(C)(C)CC(=O)O)c1. The van der Waals surface area contributed by atoms with Crippen molar-refractivity contribution >= 4 is 11.9 Å². The molecule has 1 rings (SSSR count). The zero-order chi connectivity index (χ0) is 12.3. The van der Waals surface area contributed by atoms with Crippen molar-refractivity contribution in [2.75, 3.05) is 0 Å². The third-order valence-electron chi connectivity index (χ3n) is 2.14. The number of hydrogen-bond acceptors (Lipinski definition) is 2. The van der Waals surface area contributed by atoms with E-state index < -0.39 is 11.5 Å². The molecule has 0 bridgehead atoms. The van der Waals surface area contributed by atoms with Crippen molar-refractivity contribution in [3.63, 3.8) is 0 Å². The summed E-state index contributed by atoms with van der Waals surface area (Å²) in [4.78, 5) is 22.3. The van der Waals surface area contributed by atoms with E-state index in [0.29, 0.717) is 5.56 Å². The number of rotatable bonds is 4. The summed E-state index contributed by atoms with van der Waals surface area (Å²) >= 11 is 0. The van der Waals surface area contributed by atoms with Gasteiger partial charge in [-0.1, -0.05) is 0 Å². The predicted octanol–water partition coefficient (Wildman–Crippen LogP) is 1.01. The fourth-order valence-electron chi connectivity index (χ4n) is 1.44. The molecule has 0 fully saturated rings. The fraction of sp³-hybridized carbons (Fsp3) is 0.455. The molecule has 0 atom stereocenters. The van der Waals surface area contributed by atoms with Crippen LogP contribution in [-0.4, -0.2) is 27.1 Å². The molecule has 0 saturated carbocycles. The van der Waals surface area contributed by atoms with E-state index in [1.807, 2.05) is 7.05 Å². The van der Waals surface area contributed by atoms with Crippen molar-refractivity contribution in [3.8, 4) is 0 Å². The van der Waals surface area contributed by atoms with Crippen LogP contribution in [0.1, 0.15) is 30.6 Å². The second-order valence-electron chi connectivity index (χ2n) is 4.47. The summed E-state index contributed by atoms with van der Waals surface area (Å²) in [6, 6.07) is 1.69. The molecular weight excluding hydrogens is 208 g/mol. The van der Waals surface area contributed by atoms with Crippen LogP contribution >= 0.6 is 0 Å². The fourth-order valence-corrected chi connectivity index (χ4v) is 1.44. The minimum Gasteiger partial charge on any atom is -0.481 e. The van der Waals surface area contributed by atoms with Crippen molar-refractivity contribution < 1.29 is 14.7 Å². The third kappa shape index (κ3) is 3.42. The van der Waals surface area contributed by atoms with Gasteiger partial charge in [-0.2, -0.15) is 0 Å². The molecule has 1 amide bonds. The van der Waals surface area contributed by atoms with Gasteiger partial charge in [-0.25, -0.2) is 0 Å². The third-order valence-corrected chi connectivity index (χ3v) is 2.14. The number of carbonyl (C=O) groups excluding carboxylic acids is 1. The monoisotopic (exact) mass is 224 g/mol. The minimum absolute atomic E-state index is 0.106. The quantitative estimate of drug-likeness (QED) is 0.801. The molecule has 0 aromatic carbocycles. The van der Waals surface area contributed by atoms with Gasteiger partial charge in [-0.05, 0) is 19.9 Å². The number of aliphatic carboxylic acids is 1. The van der Waals surface area contributed by atoms with Gasteiger partial charge >= 0.3 is 5.97 Å². The Morgan fingerprint density at radius 2 is 2.12 bits per heavy atom. The molecule has 0 unspecified atom stereocenters. The molecule has 0 radical (unpaired) electrons. The molecule has 1 heterocycles. The van der Waals surface area contributed by atoms with Crippen LogP contribution in [0.2, 0.25) is 0 Å². The van der Waals surface area contributed by atoms with E-state index in [2.05, 4.69) is 5.32 Å². The lowest BCUT2D eigenvalue weighted by atomic mass is 10.0. The standard InChI is InChI=1S/C11H16N2O3/c1-11(2,6-9(14)15)12-10(16)8-4-5-13(3)7-8/h4-5,7H,6H2,1-3H3,(H,12,16)(H,14,15). The molecule has 88 valence electrons. The van der Waals surface area contributed by atoms with Gasteiger partial charge in [0.15, 0.2) is 0 Å². The van der Waals surface area contributed by atoms with Crippen LogP contribution in [0.4, 0.5) is 0 Å². The summed E-state index contributed by atoms with van der Waals surface area (Å²) in [6.07, 6.45) is 3.34. The second-order valence-corrected chi connectivity index (χ2v) is 4.47. The molecule has 0 spiro atoms. The van der Waals surface area contributed by atoms with Gasteiger partial charge in [-0.15, -0.1) is 0 Å². The topological polar surface area (TPSA) is 71.3 Å². The van der Waals surface area contributed by atoms with Crippen LogP contribution in [0.15, 0.2) is 18.5 Å². The normalized spacial score (nSPS) is 11.2. The molecule has 1 aromatic rings. The van der Waals surface area contributed by atoms with Crippen molar-refractivity contribution in [2.45, 2.75) is 25.8 Å². The average Bonchev–Trinajstić information content (AvgIpc) is 2.47. The first-order valence-corrected chi connectivity index (χ1v) is 4.96. The molecular formula is C11H16N2O3. The molecule has 0 aliphatic carbocycles. The van der Waals surface area contributed by atoms with Crippen molar-refractivity contribution in [1.29, 1.82) is 0 Å². The van der Waals surface area contributed by atoms with E-state index in [1.165, 1.54) is 0 Å². The smallest absolute Gasteiger partial charge is 0.305 e. The first-order valence-electron chi connectivity index (χ1n) is 4.96. The first kappa shape index (κ1) is 12.3. The summed E-state index contributed by atoms with van der Waals surface area (Å²) in [5, 5.41) is 11.4. The van der Waals surface area contributed by atoms with E-state index in [-0.39, 0.29) is 12.3 Å². The number of carbonyl (C=O) groups is 2. The Morgan fingerprint density at radius 1 is 1.50 bits per heavy atom. The predicted molar refractivity (Wildman–Crippen MR) is 59.2 cm³/mol. The van der Waals surface area contributed by atoms with Crippen LogP contribution in [0.5, 0.6) is 0 Å². The van der Waals surface area contributed by atoms with Crippen LogP contribution in [-0.2, 0) is 11.8 Å².